The molecular weight excluding hydrogens is 409 g/mol. The lowest BCUT2D eigenvalue weighted by Crippen LogP contribution is -2.49. The van der Waals surface area contributed by atoms with Crippen molar-refractivity contribution in [2.75, 3.05) is 7.11 Å². The Morgan fingerprint density at radius 1 is 1.25 bits per heavy atom. The molecule has 3 aliphatic carbocycles. The number of benzene rings is 1. The first-order valence-electron chi connectivity index (χ1n) is 9.19. The molecule has 0 spiro atoms. The lowest BCUT2D eigenvalue weighted by atomic mass is 9.53. The van der Waals surface area contributed by atoms with Crippen LogP contribution in [-0.2, 0) is 6.42 Å². The van der Waals surface area contributed by atoms with E-state index >= 15 is 0 Å². The number of hydrogen-bond acceptors (Lipinski definition) is 2. The predicted octanol–water partition coefficient (Wildman–Crippen LogP) is 5.23. The number of halogens is 1. The highest BCUT2D eigenvalue weighted by atomic mass is 125. The normalized spacial score (nSPS) is 40.9. The Hall–Kier alpha value is -0.550. The molecule has 0 bridgehead atoms. The molecule has 0 radical (unpaired) electrons. The van der Waals surface area contributed by atoms with Crippen LogP contribution in [0.2, 0.25) is 0 Å². The summed E-state index contributed by atoms with van der Waals surface area (Å²) in [7, 11) is 1.75. The largest absolute Gasteiger partial charge is 0.497 e. The van der Waals surface area contributed by atoms with Crippen LogP contribution in [0.3, 0.4) is 0 Å². The topological polar surface area (TPSA) is 29.5 Å². The predicted molar refractivity (Wildman–Crippen MR) is 106 cm³/mol. The van der Waals surface area contributed by atoms with E-state index in [-0.39, 0.29) is 5.41 Å². The Morgan fingerprint density at radius 3 is 2.83 bits per heavy atom. The average Bonchev–Trinajstić information content (AvgIpc) is 2.86. The van der Waals surface area contributed by atoms with Gasteiger partial charge in [-0.25, -0.2) is 0 Å². The van der Waals surface area contributed by atoms with Gasteiger partial charge in [-0.2, -0.15) is 0 Å². The fraction of sp³-hybridized carbons (Fsp3) is 0.619. The summed E-state index contributed by atoms with van der Waals surface area (Å²) in [6.45, 7) is 2.35. The Morgan fingerprint density at radius 2 is 2.08 bits per heavy atom. The van der Waals surface area contributed by atoms with Gasteiger partial charge in [-0.15, -0.1) is 0 Å². The van der Waals surface area contributed by atoms with E-state index in [2.05, 4.69) is 53.8 Å². The molecule has 3 heteroatoms. The summed E-state index contributed by atoms with van der Waals surface area (Å²) in [6.07, 6.45) is 8.90. The third-order valence-corrected chi connectivity index (χ3v) is 7.85. The summed E-state index contributed by atoms with van der Waals surface area (Å²) in [5.74, 6) is 3.02. The molecule has 1 aromatic rings. The molecule has 1 aromatic carbocycles. The molecule has 130 valence electrons. The van der Waals surface area contributed by atoms with Gasteiger partial charge < -0.3 is 9.84 Å². The standard InChI is InChI=1S/C21H27IO2/c1-20-9-7-17-16-6-4-15(24-2)13-14(16)3-5-18(17)19(20)8-10-21(20,23)11-12-22/h4,6,11-13,17-19,23H,3,5,7-10H2,1-2H3/b12-11+/t17-,18-,19+,20+,21?/m1/s1/i22-2. The molecule has 2 nitrogen and oxygen atoms in total. The molecule has 0 amide bonds. The number of fused-ring (bicyclic) bond motifs is 5. The molecule has 0 aromatic heterocycles. The minimum absolute atomic E-state index is 0.0415. The highest BCUT2D eigenvalue weighted by Crippen LogP contribution is 2.64. The minimum Gasteiger partial charge on any atom is -0.497 e. The highest BCUT2D eigenvalue weighted by molar-refractivity contribution is 14.1. The summed E-state index contributed by atoms with van der Waals surface area (Å²) in [6, 6.07) is 6.67. The van der Waals surface area contributed by atoms with Gasteiger partial charge in [-0.3, -0.25) is 0 Å². The van der Waals surface area contributed by atoms with Crippen LogP contribution >= 0.6 is 22.6 Å². The van der Waals surface area contributed by atoms with Crippen LogP contribution in [0.15, 0.2) is 28.4 Å². The van der Waals surface area contributed by atoms with Crippen molar-refractivity contribution in [1.29, 1.82) is 0 Å². The van der Waals surface area contributed by atoms with Crippen molar-refractivity contribution in [3.8, 4) is 5.75 Å². The van der Waals surface area contributed by atoms with Gasteiger partial charge in [0.05, 0.1) is 12.7 Å². The molecule has 24 heavy (non-hydrogen) atoms. The molecule has 1 unspecified atom stereocenters. The smallest absolute Gasteiger partial charge is 0.119 e. The summed E-state index contributed by atoms with van der Waals surface area (Å²) < 4.78 is 7.43. The average molecular weight is 436 g/mol. The van der Waals surface area contributed by atoms with E-state index in [9.17, 15) is 5.11 Å². The van der Waals surface area contributed by atoms with Crippen LogP contribution in [0.25, 0.3) is 0 Å². The zero-order valence-electron chi connectivity index (χ0n) is 14.6. The van der Waals surface area contributed by atoms with E-state index in [4.69, 9.17) is 4.74 Å². The second-order valence-electron chi connectivity index (χ2n) is 8.19. The van der Waals surface area contributed by atoms with Crippen molar-refractivity contribution >= 4 is 22.6 Å². The number of ether oxygens (including phenoxy) is 1. The van der Waals surface area contributed by atoms with Gasteiger partial charge in [0, 0.05) is 5.41 Å². The van der Waals surface area contributed by atoms with Crippen molar-refractivity contribution < 1.29 is 9.84 Å². The monoisotopic (exact) mass is 436 g/mol. The van der Waals surface area contributed by atoms with Crippen molar-refractivity contribution in [3.05, 3.63) is 39.5 Å². The first-order chi connectivity index (χ1) is 11.5. The van der Waals surface area contributed by atoms with Gasteiger partial charge in [-0.1, -0.05) is 35.6 Å². The minimum atomic E-state index is -0.607. The summed E-state index contributed by atoms with van der Waals surface area (Å²) >= 11 is 2.25. The second-order valence-corrected chi connectivity index (χ2v) is 8.91. The van der Waals surface area contributed by atoms with Crippen molar-refractivity contribution in [2.45, 2.75) is 57.0 Å². The molecule has 1 N–H and O–H groups in total. The van der Waals surface area contributed by atoms with Gasteiger partial charge in [0.1, 0.15) is 5.75 Å². The molecule has 2 saturated carbocycles. The van der Waals surface area contributed by atoms with Crippen LogP contribution in [0.4, 0.5) is 0 Å². The quantitative estimate of drug-likeness (QED) is 0.644. The van der Waals surface area contributed by atoms with Crippen LogP contribution in [0.1, 0.15) is 56.1 Å². The van der Waals surface area contributed by atoms with Gasteiger partial charge in [-0.05, 0) is 89.7 Å². The SMILES string of the molecule is COc1ccc2c(c1)CC[C@@H]1[C@@H]2CC[C@@]2(C)[C@H]1CCC2(O)/C=C/[125I]. The van der Waals surface area contributed by atoms with Gasteiger partial charge >= 0.3 is 0 Å². The van der Waals surface area contributed by atoms with Gasteiger partial charge in [0.2, 0.25) is 0 Å². The molecule has 4 rings (SSSR count). The Balaban J connectivity index is 1.68. The number of rotatable bonds is 2. The van der Waals surface area contributed by atoms with Crippen LogP contribution in [-0.4, -0.2) is 17.8 Å². The van der Waals surface area contributed by atoms with E-state index < -0.39 is 5.60 Å². The molecule has 0 saturated heterocycles. The van der Waals surface area contributed by atoms with Crippen molar-refractivity contribution in [2.24, 2.45) is 17.3 Å². The summed E-state index contributed by atoms with van der Waals surface area (Å²) in [5, 5.41) is 11.3. The molecule has 3 aliphatic rings. The van der Waals surface area contributed by atoms with E-state index in [0.717, 1.165) is 30.9 Å². The van der Waals surface area contributed by atoms with E-state index in [1.54, 1.807) is 12.7 Å². The Labute approximate surface area is 158 Å². The lowest BCUT2D eigenvalue weighted by molar-refractivity contribution is -0.0708. The van der Waals surface area contributed by atoms with E-state index in [1.807, 2.05) is 4.08 Å². The number of aryl methyl sites for hydroxylation is 1. The molecule has 0 aliphatic heterocycles. The number of hydrogen-bond donors (Lipinski definition) is 1. The summed E-state index contributed by atoms with van der Waals surface area (Å²) in [4.78, 5) is 0. The third kappa shape index (κ3) is 2.30. The number of aliphatic hydroxyl groups is 1. The van der Waals surface area contributed by atoms with E-state index in [0.29, 0.717) is 11.8 Å². The molecule has 2 fully saturated rings. The molecular formula is C21H27IO2. The second kappa shape index (κ2) is 6.01. The maximum atomic E-state index is 11.3. The first kappa shape index (κ1) is 16.9. The maximum Gasteiger partial charge on any atom is 0.119 e. The van der Waals surface area contributed by atoms with Gasteiger partial charge in [0.25, 0.3) is 0 Å². The zero-order chi connectivity index (χ0) is 16.9. The van der Waals surface area contributed by atoms with Gasteiger partial charge in [0.15, 0.2) is 0 Å². The Bertz CT molecular complexity index is 670. The third-order valence-electron chi connectivity index (χ3n) is 7.49. The fourth-order valence-electron chi connectivity index (χ4n) is 6.11. The molecule has 0 heterocycles. The highest BCUT2D eigenvalue weighted by Gasteiger charge is 2.60. The van der Waals surface area contributed by atoms with Crippen molar-refractivity contribution in [3.63, 3.8) is 0 Å². The van der Waals surface area contributed by atoms with Crippen molar-refractivity contribution in [1.82, 2.24) is 0 Å². The van der Waals surface area contributed by atoms with Crippen LogP contribution < -0.4 is 4.74 Å². The fourth-order valence-corrected chi connectivity index (χ4v) is 6.71. The number of methoxy groups -OCH3 is 1. The maximum absolute atomic E-state index is 11.3. The van der Waals surface area contributed by atoms with Crippen LogP contribution in [0.5, 0.6) is 5.75 Å². The first-order valence-corrected chi connectivity index (χ1v) is 10.4. The molecule has 5 atom stereocenters. The lowest BCUT2D eigenvalue weighted by Gasteiger charge is -2.52. The Kier molecular flexibility index (Phi) is 4.23. The summed E-state index contributed by atoms with van der Waals surface area (Å²) in [5.41, 5.74) is 2.47. The van der Waals surface area contributed by atoms with E-state index in [1.165, 1.54) is 24.8 Å². The zero-order valence-corrected chi connectivity index (χ0v) is 16.8. The van der Waals surface area contributed by atoms with Crippen LogP contribution in [0, 0.1) is 17.3 Å².